The van der Waals surface area contributed by atoms with Gasteiger partial charge in [-0.25, -0.2) is 0 Å². The van der Waals surface area contributed by atoms with Crippen LogP contribution in [0.25, 0.3) is 0 Å². The Morgan fingerprint density at radius 2 is 1.75 bits per heavy atom. The van der Waals surface area contributed by atoms with Crippen molar-refractivity contribution in [3.63, 3.8) is 0 Å². The van der Waals surface area contributed by atoms with Crippen LogP contribution in [-0.4, -0.2) is 29.5 Å². The van der Waals surface area contributed by atoms with Crippen LogP contribution in [0.4, 0.5) is 0 Å². The summed E-state index contributed by atoms with van der Waals surface area (Å²) in [5, 5.41) is 0. The van der Waals surface area contributed by atoms with Gasteiger partial charge in [0, 0.05) is 4.43 Å². The van der Waals surface area contributed by atoms with Gasteiger partial charge in [-0.15, -0.1) is 0 Å². The molecule has 0 aliphatic rings. The molecular formula is C10H22IN. The third-order valence-corrected chi connectivity index (χ3v) is 2.76. The van der Waals surface area contributed by atoms with Crippen LogP contribution in [0, 0.1) is 5.92 Å². The molecule has 0 radical (unpaired) electrons. The second kappa shape index (κ2) is 8.30. The lowest BCUT2D eigenvalue weighted by Gasteiger charge is -2.16. The van der Waals surface area contributed by atoms with Gasteiger partial charge in [-0.05, 0) is 45.3 Å². The maximum absolute atomic E-state index is 2.45. The summed E-state index contributed by atoms with van der Waals surface area (Å²) in [6.07, 6.45) is 4.06. The molecule has 0 N–H and O–H groups in total. The van der Waals surface area contributed by atoms with E-state index in [1.54, 1.807) is 0 Å². The standard InChI is InChI=1S/C10H22IN/c1-10(2)6-4-8-12(3)9-5-7-11/h10H,4-9H2,1-3H3. The quantitative estimate of drug-likeness (QED) is 0.512. The summed E-state index contributed by atoms with van der Waals surface area (Å²) in [6.45, 7) is 7.13. The van der Waals surface area contributed by atoms with E-state index in [4.69, 9.17) is 0 Å². The first-order chi connectivity index (χ1) is 5.66. The van der Waals surface area contributed by atoms with Crippen LogP contribution in [0.3, 0.4) is 0 Å². The number of rotatable bonds is 7. The fraction of sp³-hybridized carbons (Fsp3) is 1.00. The van der Waals surface area contributed by atoms with Crippen LogP contribution in [-0.2, 0) is 0 Å². The third-order valence-electron chi connectivity index (χ3n) is 1.99. The van der Waals surface area contributed by atoms with Crippen molar-refractivity contribution in [2.24, 2.45) is 5.92 Å². The summed E-state index contributed by atoms with van der Waals surface area (Å²) in [4.78, 5) is 2.45. The summed E-state index contributed by atoms with van der Waals surface area (Å²) < 4.78 is 1.28. The highest BCUT2D eigenvalue weighted by molar-refractivity contribution is 14.1. The topological polar surface area (TPSA) is 3.24 Å². The van der Waals surface area contributed by atoms with Crippen LogP contribution in [0.5, 0.6) is 0 Å². The maximum Gasteiger partial charge on any atom is 0.000744 e. The molecule has 0 fully saturated rings. The normalized spacial score (nSPS) is 11.5. The zero-order valence-corrected chi connectivity index (χ0v) is 10.8. The number of hydrogen-bond donors (Lipinski definition) is 0. The third kappa shape index (κ3) is 8.78. The lowest BCUT2D eigenvalue weighted by atomic mass is 10.1. The van der Waals surface area contributed by atoms with Crippen LogP contribution >= 0.6 is 22.6 Å². The molecule has 0 amide bonds. The van der Waals surface area contributed by atoms with Crippen molar-refractivity contribution >= 4 is 22.6 Å². The van der Waals surface area contributed by atoms with E-state index in [9.17, 15) is 0 Å². The molecule has 74 valence electrons. The van der Waals surface area contributed by atoms with Crippen molar-refractivity contribution in [2.75, 3.05) is 24.6 Å². The first-order valence-electron chi connectivity index (χ1n) is 4.91. The smallest absolute Gasteiger partial charge is 0.000744 e. The van der Waals surface area contributed by atoms with E-state index in [0.29, 0.717) is 0 Å². The number of hydrogen-bond acceptors (Lipinski definition) is 1. The molecule has 0 spiro atoms. The van der Waals surface area contributed by atoms with Gasteiger partial charge >= 0.3 is 0 Å². The van der Waals surface area contributed by atoms with Crippen LogP contribution < -0.4 is 0 Å². The lowest BCUT2D eigenvalue weighted by molar-refractivity contribution is 0.319. The van der Waals surface area contributed by atoms with Crippen LogP contribution in [0.15, 0.2) is 0 Å². The molecule has 0 bridgehead atoms. The molecule has 0 aliphatic carbocycles. The molecule has 0 aromatic heterocycles. The molecule has 0 aromatic rings. The van der Waals surface area contributed by atoms with Gasteiger partial charge in [-0.3, -0.25) is 0 Å². The highest BCUT2D eigenvalue weighted by Crippen LogP contribution is 2.04. The Hall–Kier alpha value is 0.690. The predicted molar refractivity (Wildman–Crippen MR) is 65.1 cm³/mol. The fourth-order valence-corrected chi connectivity index (χ4v) is 1.55. The van der Waals surface area contributed by atoms with Gasteiger partial charge in [-0.1, -0.05) is 36.4 Å². The maximum atomic E-state index is 2.45. The molecule has 0 atom stereocenters. The summed E-state index contributed by atoms with van der Waals surface area (Å²) >= 11 is 2.44. The van der Waals surface area contributed by atoms with Gasteiger partial charge in [-0.2, -0.15) is 0 Å². The first kappa shape index (κ1) is 12.7. The molecule has 0 heterocycles. The molecule has 0 rings (SSSR count). The Kier molecular flexibility index (Phi) is 8.77. The van der Waals surface area contributed by atoms with E-state index in [2.05, 4.69) is 48.4 Å². The van der Waals surface area contributed by atoms with Gasteiger partial charge in [0.25, 0.3) is 0 Å². The largest absolute Gasteiger partial charge is 0.306 e. The lowest BCUT2D eigenvalue weighted by Crippen LogP contribution is -2.21. The summed E-state index contributed by atoms with van der Waals surface area (Å²) in [7, 11) is 2.23. The minimum atomic E-state index is 0.864. The number of halogens is 1. The Labute approximate surface area is 91.0 Å². The summed E-state index contributed by atoms with van der Waals surface area (Å²) in [6, 6.07) is 0. The molecule has 1 nitrogen and oxygen atoms in total. The zero-order chi connectivity index (χ0) is 9.40. The van der Waals surface area contributed by atoms with Crippen LogP contribution in [0.1, 0.15) is 33.1 Å². The minimum Gasteiger partial charge on any atom is -0.306 e. The Bertz CT molecular complexity index is 93.8. The van der Waals surface area contributed by atoms with Gasteiger partial charge in [0.2, 0.25) is 0 Å². The van der Waals surface area contributed by atoms with E-state index >= 15 is 0 Å². The molecule has 0 saturated carbocycles. The van der Waals surface area contributed by atoms with Gasteiger partial charge in [0.1, 0.15) is 0 Å². The molecule has 0 unspecified atom stereocenters. The summed E-state index contributed by atoms with van der Waals surface area (Å²) in [5.41, 5.74) is 0. The van der Waals surface area contributed by atoms with Crippen molar-refractivity contribution < 1.29 is 0 Å². The molecule has 0 aromatic carbocycles. The second-order valence-electron chi connectivity index (χ2n) is 3.88. The predicted octanol–water partition coefficient (Wildman–Crippen LogP) is 3.18. The van der Waals surface area contributed by atoms with Gasteiger partial charge in [0.15, 0.2) is 0 Å². The Balaban J connectivity index is 3.13. The fourth-order valence-electron chi connectivity index (χ4n) is 1.21. The summed E-state index contributed by atoms with van der Waals surface area (Å²) in [5.74, 6) is 0.864. The Morgan fingerprint density at radius 1 is 1.17 bits per heavy atom. The van der Waals surface area contributed by atoms with Gasteiger partial charge < -0.3 is 4.90 Å². The van der Waals surface area contributed by atoms with E-state index in [-0.39, 0.29) is 0 Å². The minimum absolute atomic E-state index is 0.864. The SMILES string of the molecule is CC(C)CCCN(C)CCCI. The molecule has 2 heteroatoms. The molecule has 0 saturated heterocycles. The monoisotopic (exact) mass is 283 g/mol. The highest BCUT2D eigenvalue weighted by Gasteiger charge is 1.98. The molecule has 12 heavy (non-hydrogen) atoms. The van der Waals surface area contributed by atoms with E-state index in [1.165, 1.54) is 36.8 Å². The second-order valence-corrected chi connectivity index (χ2v) is 4.96. The van der Waals surface area contributed by atoms with E-state index in [1.807, 2.05) is 0 Å². The van der Waals surface area contributed by atoms with Crippen molar-refractivity contribution in [3.8, 4) is 0 Å². The van der Waals surface area contributed by atoms with Crippen molar-refractivity contribution in [2.45, 2.75) is 33.1 Å². The van der Waals surface area contributed by atoms with E-state index < -0.39 is 0 Å². The van der Waals surface area contributed by atoms with Crippen molar-refractivity contribution in [1.82, 2.24) is 4.90 Å². The molecular weight excluding hydrogens is 261 g/mol. The number of nitrogens with zero attached hydrogens (tertiary/aromatic N) is 1. The average Bonchev–Trinajstić information content (AvgIpc) is 2.00. The average molecular weight is 283 g/mol. The van der Waals surface area contributed by atoms with Crippen LogP contribution in [0.2, 0.25) is 0 Å². The molecule has 0 aliphatic heterocycles. The van der Waals surface area contributed by atoms with E-state index in [0.717, 1.165) is 5.92 Å². The Morgan fingerprint density at radius 3 is 2.25 bits per heavy atom. The number of alkyl halides is 1. The highest BCUT2D eigenvalue weighted by atomic mass is 127. The van der Waals surface area contributed by atoms with Crippen molar-refractivity contribution in [3.05, 3.63) is 0 Å². The first-order valence-corrected chi connectivity index (χ1v) is 6.44. The zero-order valence-electron chi connectivity index (χ0n) is 8.65. The van der Waals surface area contributed by atoms with Gasteiger partial charge in [0.05, 0.1) is 0 Å². The van der Waals surface area contributed by atoms with Crippen molar-refractivity contribution in [1.29, 1.82) is 0 Å².